The molecule has 5 heteroatoms. The molecule has 1 aliphatic carbocycles. The quantitative estimate of drug-likeness (QED) is 0.839. The highest BCUT2D eigenvalue weighted by Gasteiger charge is 2.24. The summed E-state index contributed by atoms with van der Waals surface area (Å²) in [5, 5.41) is 8.16. The predicted molar refractivity (Wildman–Crippen MR) is 105 cm³/mol. The van der Waals surface area contributed by atoms with Gasteiger partial charge in [-0.15, -0.1) is 0 Å². The summed E-state index contributed by atoms with van der Waals surface area (Å²) in [7, 11) is 1.81. The SMILES string of the molecule is CC(C(=O)NC1CCCC1)N(C)CC(=O)Nc1cccc2ccccc12. The lowest BCUT2D eigenvalue weighted by atomic mass is 10.1. The van der Waals surface area contributed by atoms with Gasteiger partial charge in [0.15, 0.2) is 0 Å². The molecule has 1 fully saturated rings. The number of carbonyl (C=O) groups is 2. The smallest absolute Gasteiger partial charge is 0.238 e. The second-order valence-corrected chi connectivity index (χ2v) is 7.16. The first-order chi connectivity index (χ1) is 12.5. The van der Waals surface area contributed by atoms with E-state index in [1.807, 2.05) is 56.4 Å². The van der Waals surface area contributed by atoms with Crippen molar-refractivity contribution in [2.75, 3.05) is 18.9 Å². The minimum atomic E-state index is -0.339. The van der Waals surface area contributed by atoms with Crippen molar-refractivity contribution < 1.29 is 9.59 Å². The molecule has 2 aromatic rings. The van der Waals surface area contributed by atoms with Gasteiger partial charge in [0, 0.05) is 17.1 Å². The van der Waals surface area contributed by atoms with Crippen LogP contribution in [0.15, 0.2) is 42.5 Å². The molecule has 1 atom stereocenters. The third-order valence-electron chi connectivity index (χ3n) is 5.20. The Kier molecular flexibility index (Phi) is 5.89. The zero-order valence-corrected chi connectivity index (χ0v) is 15.5. The standard InChI is InChI=1S/C21H27N3O2/c1-15(21(26)22-17-10-4-5-11-17)24(2)14-20(25)23-19-13-7-9-16-8-3-6-12-18(16)19/h3,6-9,12-13,15,17H,4-5,10-11,14H2,1-2H3,(H,22,26)(H,23,25). The van der Waals surface area contributed by atoms with Crippen molar-refractivity contribution in [3.63, 3.8) is 0 Å². The van der Waals surface area contributed by atoms with Gasteiger partial charge >= 0.3 is 0 Å². The Morgan fingerprint density at radius 2 is 1.81 bits per heavy atom. The zero-order chi connectivity index (χ0) is 18.5. The Morgan fingerprint density at radius 1 is 1.12 bits per heavy atom. The van der Waals surface area contributed by atoms with Crippen molar-refractivity contribution in [3.8, 4) is 0 Å². The molecule has 1 aliphatic rings. The van der Waals surface area contributed by atoms with Crippen LogP contribution in [0.1, 0.15) is 32.6 Å². The lowest BCUT2D eigenvalue weighted by Gasteiger charge is -2.25. The first-order valence-corrected chi connectivity index (χ1v) is 9.33. The first kappa shape index (κ1) is 18.4. The first-order valence-electron chi connectivity index (χ1n) is 9.33. The number of amides is 2. The van der Waals surface area contributed by atoms with Crippen molar-refractivity contribution in [2.24, 2.45) is 0 Å². The number of fused-ring (bicyclic) bond motifs is 1. The molecular formula is C21H27N3O2. The van der Waals surface area contributed by atoms with Gasteiger partial charge in [-0.3, -0.25) is 14.5 Å². The van der Waals surface area contributed by atoms with Gasteiger partial charge in [0.05, 0.1) is 12.6 Å². The molecule has 26 heavy (non-hydrogen) atoms. The highest BCUT2D eigenvalue weighted by Crippen LogP contribution is 2.23. The van der Waals surface area contributed by atoms with E-state index < -0.39 is 0 Å². The topological polar surface area (TPSA) is 61.4 Å². The lowest BCUT2D eigenvalue weighted by Crippen LogP contribution is -2.48. The molecular weight excluding hydrogens is 326 g/mol. The fourth-order valence-electron chi connectivity index (χ4n) is 3.48. The molecule has 0 spiro atoms. The van der Waals surface area contributed by atoms with Crippen molar-refractivity contribution in [1.82, 2.24) is 10.2 Å². The van der Waals surface area contributed by atoms with Crippen LogP contribution in [0.25, 0.3) is 10.8 Å². The van der Waals surface area contributed by atoms with Crippen LogP contribution in [0.4, 0.5) is 5.69 Å². The molecule has 3 rings (SSSR count). The van der Waals surface area contributed by atoms with E-state index in [2.05, 4.69) is 10.6 Å². The summed E-state index contributed by atoms with van der Waals surface area (Å²) in [6, 6.07) is 13.8. The number of nitrogens with zero attached hydrogens (tertiary/aromatic N) is 1. The highest BCUT2D eigenvalue weighted by molar-refractivity contribution is 6.02. The average Bonchev–Trinajstić information content (AvgIpc) is 3.14. The van der Waals surface area contributed by atoms with Gasteiger partial charge in [0.2, 0.25) is 11.8 Å². The number of anilines is 1. The molecule has 138 valence electrons. The number of benzene rings is 2. The van der Waals surface area contributed by atoms with E-state index in [4.69, 9.17) is 0 Å². The van der Waals surface area contributed by atoms with E-state index in [-0.39, 0.29) is 24.4 Å². The summed E-state index contributed by atoms with van der Waals surface area (Å²) in [6.07, 6.45) is 4.48. The van der Waals surface area contributed by atoms with E-state index in [9.17, 15) is 9.59 Å². The molecule has 0 bridgehead atoms. The molecule has 0 radical (unpaired) electrons. The molecule has 0 saturated heterocycles. The molecule has 1 unspecified atom stereocenters. The Bertz CT molecular complexity index is 778. The van der Waals surface area contributed by atoms with Gasteiger partial charge in [0.1, 0.15) is 0 Å². The summed E-state index contributed by atoms with van der Waals surface area (Å²) < 4.78 is 0. The minimum Gasteiger partial charge on any atom is -0.352 e. The van der Waals surface area contributed by atoms with Crippen LogP contribution in [-0.4, -0.2) is 42.4 Å². The summed E-state index contributed by atoms with van der Waals surface area (Å²) >= 11 is 0. The van der Waals surface area contributed by atoms with Crippen molar-refractivity contribution >= 4 is 28.3 Å². The summed E-state index contributed by atoms with van der Waals surface area (Å²) in [6.45, 7) is 2.01. The molecule has 2 amide bonds. The maximum Gasteiger partial charge on any atom is 0.238 e. The zero-order valence-electron chi connectivity index (χ0n) is 15.5. The molecule has 1 saturated carbocycles. The number of hydrogen-bond donors (Lipinski definition) is 2. The van der Waals surface area contributed by atoms with Gasteiger partial charge < -0.3 is 10.6 Å². The Balaban J connectivity index is 1.57. The van der Waals surface area contributed by atoms with Crippen LogP contribution < -0.4 is 10.6 Å². The third-order valence-corrected chi connectivity index (χ3v) is 5.20. The number of rotatable bonds is 6. The number of hydrogen-bond acceptors (Lipinski definition) is 3. The van der Waals surface area contributed by atoms with Crippen LogP contribution in [0.5, 0.6) is 0 Å². The van der Waals surface area contributed by atoms with Gasteiger partial charge in [0.25, 0.3) is 0 Å². The largest absolute Gasteiger partial charge is 0.352 e. The monoisotopic (exact) mass is 353 g/mol. The van der Waals surface area contributed by atoms with Crippen molar-refractivity contribution in [2.45, 2.75) is 44.7 Å². The molecule has 0 aromatic heterocycles. The van der Waals surface area contributed by atoms with Crippen LogP contribution >= 0.6 is 0 Å². The molecule has 0 aliphatic heterocycles. The van der Waals surface area contributed by atoms with E-state index >= 15 is 0 Å². The van der Waals surface area contributed by atoms with Crippen LogP contribution in [-0.2, 0) is 9.59 Å². The van der Waals surface area contributed by atoms with E-state index in [1.54, 1.807) is 4.90 Å². The Labute approximate surface area is 154 Å². The molecule has 2 N–H and O–H groups in total. The fraction of sp³-hybridized carbons (Fsp3) is 0.429. The number of carbonyl (C=O) groups excluding carboxylic acids is 2. The van der Waals surface area contributed by atoms with Gasteiger partial charge in [-0.25, -0.2) is 0 Å². The normalized spacial score (nSPS) is 16.0. The molecule has 5 nitrogen and oxygen atoms in total. The second kappa shape index (κ2) is 8.32. The van der Waals surface area contributed by atoms with Crippen molar-refractivity contribution in [3.05, 3.63) is 42.5 Å². The Morgan fingerprint density at radius 3 is 2.58 bits per heavy atom. The number of likely N-dealkylation sites (N-methyl/N-ethyl adjacent to an activating group) is 1. The van der Waals surface area contributed by atoms with Gasteiger partial charge in [-0.1, -0.05) is 49.2 Å². The van der Waals surface area contributed by atoms with Gasteiger partial charge in [-0.2, -0.15) is 0 Å². The maximum atomic E-state index is 12.5. The van der Waals surface area contributed by atoms with Crippen LogP contribution in [0.3, 0.4) is 0 Å². The summed E-state index contributed by atoms with van der Waals surface area (Å²) in [4.78, 5) is 26.6. The van der Waals surface area contributed by atoms with Crippen LogP contribution in [0.2, 0.25) is 0 Å². The summed E-state index contributed by atoms with van der Waals surface area (Å²) in [5.41, 5.74) is 0.796. The fourth-order valence-corrected chi connectivity index (χ4v) is 3.48. The number of nitrogens with one attached hydrogen (secondary N) is 2. The third kappa shape index (κ3) is 4.41. The second-order valence-electron chi connectivity index (χ2n) is 7.16. The molecule has 0 heterocycles. The van der Waals surface area contributed by atoms with Crippen molar-refractivity contribution in [1.29, 1.82) is 0 Å². The maximum absolute atomic E-state index is 12.5. The predicted octanol–water partition coefficient (Wildman–Crippen LogP) is 3.16. The van der Waals surface area contributed by atoms with E-state index in [0.29, 0.717) is 6.04 Å². The highest BCUT2D eigenvalue weighted by atomic mass is 16.2. The minimum absolute atomic E-state index is 0.00244. The van der Waals surface area contributed by atoms with E-state index in [1.165, 1.54) is 12.8 Å². The Hall–Kier alpha value is -2.40. The van der Waals surface area contributed by atoms with Crippen LogP contribution in [0, 0.1) is 0 Å². The van der Waals surface area contributed by atoms with E-state index in [0.717, 1.165) is 29.3 Å². The van der Waals surface area contributed by atoms with Gasteiger partial charge in [-0.05, 0) is 38.3 Å². The average molecular weight is 353 g/mol. The lowest BCUT2D eigenvalue weighted by molar-refractivity contribution is -0.127. The summed E-state index contributed by atoms with van der Waals surface area (Å²) in [5.74, 6) is -0.123. The molecule has 2 aromatic carbocycles.